The van der Waals surface area contributed by atoms with Crippen molar-refractivity contribution in [2.75, 3.05) is 6.54 Å². The first kappa shape index (κ1) is 13.4. The fourth-order valence-electron chi connectivity index (χ4n) is 3.31. The topological polar surface area (TPSA) is 12.0 Å². The Morgan fingerprint density at radius 2 is 1.55 bits per heavy atom. The molecule has 1 heterocycles. The van der Waals surface area contributed by atoms with Gasteiger partial charge in [-0.3, -0.25) is 0 Å². The quantitative estimate of drug-likeness (QED) is 0.869. The van der Waals surface area contributed by atoms with Crippen LogP contribution in [0.4, 0.5) is 0 Å². The van der Waals surface area contributed by atoms with Crippen molar-refractivity contribution in [1.29, 1.82) is 0 Å². The summed E-state index contributed by atoms with van der Waals surface area (Å²) in [7, 11) is 0. The molecule has 0 saturated carbocycles. The van der Waals surface area contributed by atoms with Gasteiger partial charge in [0.25, 0.3) is 0 Å². The van der Waals surface area contributed by atoms with Crippen LogP contribution in [0.5, 0.6) is 0 Å². The molecule has 1 saturated heterocycles. The minimum Gasteiger partial charge on any atom is -0.310 e. The minimum absolute atomic E-state index is 0.499. The molecule has 20 heavy (non-hydrogen) atoms. The second-order valence-electron chi connectivity index (χ2n) is 5.79. The van der Waals surface area contributed by atoms with Crippen LogP contribution in [0.1, 0.15) is 36.4 Å². The normalized spacial score (nSPS) is 23.2. The maximum atomic E-state index is 3.77. The van der Waals surface area contributed by atoms with Gasteiger partial charge in [-0.2, -0.15) is 0 Å². The summed E-state index contributed by atoms with van der Waals surface area (Å²) in [5.74, 6) is 0.697. The zero-order valence-electron chi connectivity index (χ0n) is 12.0. The van der Waals surface area contributed by atoms with E-state index in [9.17, 15) is 0 Å². The van der Waals surface area contributed by atoms with Crippen LogP contribution < -0.4 is 5.32 Å². The van der Waals surface area contributed by atoms with Crippen molar-refractivity contribution in [1.82, 2.24) is 5.32 Å². The monoisotopic (exact) mass is 265 g/mol. The molecular weight excluding hydrogens is 242 g/mol. The smallest absolute Gasteiger partial charge is 0.0351 e. The van der Waals surface area contributed by atoms with Crippen LogP contribution >= 0.6 is 0 Å². The molecule has 0 bridgehead atoms. The van der Waals surface area contributed by atoms with E-state index in [1.807, 2.05) is 0 Å². The van der Waals surface area contributed by atoms with Crippen molar-refractivity contribution in [2.24, 2.45) is 5.92 Å². The summed E-state index contributed by atoms with van der Waals surface area (Å²) in [5, 5.41) is 3.77. The first-order valence-corrected chi connectivity index (χ1v) is 7.76. The van der Waals surface area contributed by atoms with Crippen LogP contribution in [-0.2, 0) is 6.42 Å². The van der Waals surface area contributed by atoms with E-state index in [2.05, 4.69) is 66.0 Å². The minimum atomic E-state index is 0.499. The zero-order valence-corrected chi connectivity index (χ0v) is 12.0. The van der Waals surface area contributed by atoms with Crippen LogP contribution in [0.15, 0.2) is 60.7 Å². The molecule has 3 rings (SSSR count). The van der Waals surface area contributed by atoms with E-state index in [-0.39, 0.29) is 0 Å². The van der Waals surface area contributed by atoms with Crippen molar-refractivity contribution < 1.29 is 0 Å². The average molecular weight is 265 g/mol. The summed E-state index contributed by atoms with van der Waals surface area (Å²) in [4.78, 5) is 0. The molecule has 0 amide bonds. The summed E-state index contributed by atoms with van der Waals surface area (Å²) in [5.41, 5.74) is 2.90. The molecule has 1 aliphatic rings. The van der Waals surface area contributed by atoms with Gasteiger partial charge in [-0.1, -0.05) is 67.1 Å². The maximum absolute atomic E-state index is 3.77. The number of benzene rings is 2. The molecule has 0 aliphatic carbocycles. The number of nitrogens with one attached hydrogen (secondary N) is 1. The van der Waals surface area contributed by atoms with E-state index in [1.165, 1.54) is 36.8 Å². The van der Waals surface area contributed by atoms with Crippen LogP contribution in [0, 0.1) is 5.92 Å². The highest BCUT2D eigenvalue weighted by atomic mass is 14.9. The molecule has 1 heteroatoms. The molecule has 2 atom stereocenters. The van der Waals surface area contributed by atoms with Crippen molar-refractivity contribution >= 4 is 0 Å². The lowest BCUT2D eigenvalue weighted by Crippen LogP contribution is -2.28. The number of hydrogen-bond donors (Lipinski definition) is 1. The largest absolute Gasteiger partial charge is 0.310 e. The second-order valence-corrected chi connectivity index (χ2v) is 5.79. The Hall–Kier alpha value is -1.60. The van der Waals surface area contributed by atoms with Gasteiger partial charge in [-0.25, -0.2) is 0 Å². The lowest BCUT2D eigenvalue weighted by Gasteiger charge is -2.26. The third kappa shape index (κ3) is 3.29. The Labute approximate surface area is 122 Å². The molecule has 2 aromatic carbocycles. The van der Waals surface area contributed by atoms with Crippen LogP contribution in [0.25, 0.3) is 0 Å². The zero-order chi connectivity index (χ0) is 13.6. The number of rotatable bonds is 3. The molecular formula is C19H23N. The van der Waals surface area contributed by atoms with Gasteiger partial charge >= 0.3 is 0 Å². The van der Waals surface area contributed by atoms with Gasteiger partial charge in [-0.05, 0) is 42.9 Å². The lowest BCUT2D eigenvalue weighted by molar-refractivity contribution is 0.367. The highest BCUT2D eigenvalue weighted by Crippen LogP contribution is 2.31. The highest BCUT2D eigenvalue weighted by Gasteiger charge is 2.24. The van der Waals surface area contributed by atoms with Gasteiger partial charge in [0.2, 0.25) is 0 Å². The summed E-state index contributed by atoms with van der Waals surface area (Å²) in [6, 6.07) is 22.4. The molecule has 2 aromatic rings. The summed E-state index contributed by atoms with van der Waals surface area (Å²) >= 11 is 0. The lowest BCUT2D eigenvalue weighted by atomic mass is 9.85. The fraction of sp³-hybridized carbons (Fsp3) is 0.368. The third-order valence-electron chi connectivity index (χ3n) is 4.34. The second kappa shape index (κ2) is 6.71. The van der Waals surface area contributed by atoms with Gasteiger partial charge in [0.05, 0.1) is 0 Å². The third-order valence-corrected chi connectivity index (χ3v) is 4.34. The van der Waals surface area contributed by atoms with Gasteiger partial charge in [0, 0.05) is 6.04 Å². The Kier molecular flexibility index (Phi) is 4.49. The van der Waals surface area contributed by atoms with E-state index in [0.29, 0.717) is 12.0 Å². The van der Waals surface area contributed by atoms with Crippen molar-refractivity contribution in [2.45, 2.75) is 31.7 Å². The number of hydrogen-bond acceptors (Lipinski definition) is 1. The Balaban J connectivity index is 1.81. The van der Waals surface area contributed by atoms with E-state index in [1.54, 1.807) is 0 Å². The van der Waals surface area contributed by atoms with Gasteiger partial charge in [0.1, 0.15) is 0 Å². The van der Waals surface area contributed by atoms with Crippen molar-refractivity contribution in [3.8, 4) is 0 Å². The Morgan fingerprint density at radius 3 is 2.30 bits per heavy atom. The molecule has 0 radical (unpaired) electrons. The predicted molar refractivity (Wildman–Crippen MR) is 84.7 cm³/mol. The van der Waals surface area contributed by atoms with Crippen LogP contribution in [-0.4, -0.2) is 6.54 Å². The summed E-state index contributed by atoms with van der Waals surface area (Å²) in [6.45, 7) is 1.14. The first-order chi connectivity index (χ1) is 9.93. The van der Waals surface area contributed by atoms with Crippen molar-refractivity contribution in [3.05, 3.63) is 71.8 Å². The molecule has 1 nitrogen and oxygen atoms in total. The first-order valence-electron chi connectivity index (χ1n) is 7.76. The summed E-state index contributed by atoms with van der Waals surface area (Å²) < 4.78 is 0. The Morgan fingerprint density at radius 1 is 0.850 bits per heavy atom. The van der Waals surface area contributed by atoms with E-state index < -0.39 is 0 Å². The van der Waals surface area contributed by atoms with Gasteiger partial charge < -0.3 is 5.32 Å². The van der Waals surface area contributed by atoms with Gasteiger partial charge in [0.15, 0.2) is 0 Å². The molecule has 1 aliphatic heterocycles. The fourth-order valence-corrected chi connectivity index (χ4v) is 3.31. The molecule has 1 fully saturated rings. The molecule has 0 aromatic heterocycles. The molecule has 0 unspecified atom stereocenters. The summed E-state index contributed by atoms with van der Waals surface area (Å²) in [6.07, 6.45) is 5.14. The maximum Gasteiger partial charge on any atom is 0.0351 e. The van der Waals surface area contributed by atoms with Gasteiger partial charge in [-0.15, -0.1) is 0 Å². The molecule has 1 N–H and O–H groups in total. The average Bonchev–Trinajstić information content (AvgIpc) is 2.75. The van der Waals surface area contributed by atoms with E-state index in [0.717, 1.165) is 6.54 Å². The SMILES string of the molecule is c1ccc(C[C@H]2CCCCN[C@@H]2c2ccccc2)cc1. The molecule has 0 spiro atoms. The highest BCUT2D eigenvalue weighted by molar-refractivity contribution is 5.22. The van der Waals surface area contributed by atoms with E-state index in [4.69, 9.17) is 0 Å². The van der Waals surface area contributed by atoms with Crippen LogP contribution in [0.3, 0.4) is 0 Å². The van der Waals surface area contributed by atoms with Crippen molar-refractivity contribution in [3.63, 3.8) is 0 Å². The Bertz CT molecular complexity index is 506. The molecule has 104 valence electrons. The van der Waals surface area contributed by atoms with Crippen LogP contribution in [0.2, 0.25) is 0 Å². The predicted octanol–water partition coefficient (Wildman–Crippen LogP) is 4.36. The standard InChI is InChI=1S/C19H23N/c1-3-9-16(10-4-1)15-18-13-7-8-14-20-19(18)17-11-5-2-6-12-17/h1-6,9-12,18-20H,7-8,13-15H2/t18-,19-/m1/s1. The van der Waals surface area contributed by atoms with E-state index >= 15 is 0 Å².